The summed E-state index contributed by atoms with van der Waals surface area (Å²) in [4.78, 5) is 25.3. The van der Waals surface area contributed by atoms with Crippen molar-refractivity contribution in [1.29, 1.82) is 0 Å². The summed E-state index contributed by atoms with van der Waals surface area (Å²) in [6.45, 7) is 0. The highest BCUT2D eigenvalue weighted by atomic mass is 32.1. The molecule has 92 valence electrons. The van der Waals surface area contributed by atoms with Crippen LogP contribution in [0.2, 0.25) is 0 Å². The number of rotatable bonds is 2. The van der Waals surface area contributed by atoms with Gasteiger partial charge >= 0.3 is 0 Å². The first-order chi connectivity index (χ1) is 8.40. The molecule has 0 aliphatic carbocycles. The standard InChI is InChI=1S/C8H4N4O4S2/c13-11(14)3-1-4-6(5(2-3)12(15)16)9-8(18)10-7(4)17/h1-2H,(H2,9,10,17,18). The fraction of sp³-hybridized carbons (Fsp3) is 0. The second-order valence-electron chi connectivity index (χ2n) is 3.31. The average molecular weight is 284 g/mol. The molecule has 2 rings (SSSR count). The Morgan fingerprint density at radius 1 is 1.06 bits per heavy atom. The van der Waals surface area contributed by atoms with Crippen molar-refractivity contribution in [2.45, 2.75) is 0 Å². The molecular weight excluding hydrogens is 280 g/mol. The van der Waals surface area contributed by atoms with Gasteiger partial charge in [0, 0.05) is 11.5 Å². The van der Waals surface area contributed by atoms with Crippen molar-refractivity contribution in [2.75, 3.05) is 0 Å². The fourth-order valence-corrected chi connectivity index (χ4v) is 2.02. The van der Waals surface area contributed by atoms with Crippen LogP contribution in [-0.4, -0.2) is 19.8 Å². The third-order valence-corrected chi connectivity index (χ3v) is 2.75. The van der Waals surface area contributed by atoms with Crippen LogP contribution >= 0.6 is 24.4 Å². The maximum absolute atomic E-state index is 10.9. The van der Waals surface area contributed by atoms with Gasteiger partial charge in [-0.25, -0.2) is 0 Å². The number of aromatic nitrogens is 2. The molecule has 1 aromatic carbocycles. The lowest BCUT2D eigenvalue weighted by Gasteiger charge is -2.00. The van der Waals surface area contributed by atoms with Gasteiger partial charge < -0.3 is 9.97 Å². The van der Waals surface area contributed by atoms with Crippen molar-refractivity contribution in [3.63, 3.8) is 0 Å². The zero-order valence-electron chi connectivity index (χ0n) is 8.50. The topological polar surface area (TPSA) is 118 Å². The number of fused-ring (bicyclic) bond motifs is 1. The van der Waals surface area contributed by atoms with E-state index in [9.17, 15) is 20.2 Å². The first kappa shape index (κ1) is 12.3. The highest BCUT2D eigenvalue weighted by Crippen LogP contribution is 2.29. The lowest BCUT2D eigenvalue weighted by atomic mass is 10.2. The van der Waals surface area contributed by atoms with E-state index in [2.05, 4.69) is 9.97 Å². The molecule has 0 saturated carbocycles. The molecule has 0 spiro atoms. The molecule has 0 aliphatic rings. The zero-order chi connectivity index (χ0) is 13.4. The molecule has 10 heteroatoms. The van der Waals surface area contributed by atoms with Crippen molar-refractivity contribution in [3.05, 3.63) is 41.8 Å². The second kappa shape index (κ2) is 4.23. The number of nitro groups is 2. The molecule has 0 aliphatic heterocycles. The number of benzene rings is 1. The summed E-state index contributed by atoms with van der Waals surface area (Å²) >= 11 is 9.77. The van der Waals surface area contributed by atoms with Crippen LogP contribution in [0.4, 0.5) is 11.4 Å². The minimum absolute atomic E-state index is 0.0688. The van der Waals surface area contributed by atoms with Crippen LogP contribution in [0.3, 0.4) is 0 Å². The van der Waals surface area contributed by atoms with Crippen molar-refractivity contribution in [1.82, 2.24) is 9.97 Å². The SMILES string of the molecule is O=[N+]([O-])c1cc([N+](=O)[O-])c2[nH]c(=S)[nH]c(=S)c2c1. The highest BCUT2D eigenvalue weighted by molar-refractivity contribution is 7.72. The Kier molecular flexibility index (Phi) is 2.88. The Bertz CT molecular complexity index is 794. The molecule has 8 nitrogen and oxygen atoms in total. The Morgan fingerprint density at radius 2 is 1.72 bits per heavy atom. The van der Waals surface area contributed by atoms with Crippen LogP contribution in [-0.2, 0) is 0 Å². The number of hydrogen-bond acceptors (Lipinski definition) is 6. The van der Waals surface area contributed by atoms with Crippen molar-refractivity contribution in [2.24, 2.45) is 0 Å². The number of non-ortho nitro benzene ring substituents is 2. The van der Waals surface area contributed by atoms with Gasteiger partial charge in [0.2, 0.25) is 0 Å². The average Bonchev–Trinajstić information content (AvgIpc) is 2.27. The molecule has 0 unspecified atom stereocenters. The van der Waals surface area contributed by atoms with Crippen molar-refractivity contribution >= 4 is 46.7 Å². The Morgan fingerprint density at radius 3 is 2.28 bits per heavy atom. The molecular formula is C8H4N4O4S2. The number of nitro benzene ring substituents is 2. The van der Waals surface area contributed by atoms with E-state index in [1.54, 1.807) is 0 Å². The molecule has 0 bridgehead atoms. The van der Waals surface area contributed by atoms with Crippen molar-refractivity contribution in [3.8, 4) is 0 Å². The fourth-order valence-electron chi connectivity index (χ4n) is 1.49. The van der Waals surface area contributed by atoms with Gasteiger partial charge in [0.05, 0.1) is 15.9 Å². The molecule has 0 radical (unpaired) electrons. The molecule has 0 atom stereocenters. The summed E-state index contributed by atoms with van der Waals surface area (Å²) in [5.41, 5.74) is -0.774. The first-order valence-electron chi connectivity index (χ1n) is 4.49. The highest BCUT2D eigenvalue weighted by Gasteiger charge is 2.20. The summed E-state index contributed by atoms with van der Waals surface area (Å²) in [5.74, 6) is 0. The van der Waals surface area contributed by atoms with E-state index in [0.717, 1.165) is 12.1 Å². The molecule has 2 aromatic rings. The number of hydrogen-bond donors (Lipinski definition) is 2. The van der Waals surface area contributed by atoms with Gasteiger partial charge in [-0.3, -0.25) is 20.2 Å². The third-order valence-electron chi connectivity index (χ3n) is 2.22. The minimum Gasteiger partial charge on any atom is -0.326 e. The summed E-state index contributed by atoms with van der Waals surface area (Å²) in [5, 5.41) is 21.8. The van der Waals surface area contributed by atoms with Gasteiger partial charge in [-0.2, -0.15) is 0 Å². The van der Waals surface area contributed by atoms with E-state index in [4.69, 9.17) is 24.4 Å². The summed E-state index contributed by atoms with van der Waals surface area (Å²) in [6, 6.07) is 2.02. The second-order valence-corrected chi connectivity index (χ2v) is 4.13. The number of aromatic amines is 2. The predicted octanol–water partition coefficient (Wildman–Crippen LogP) is 2.77. The van der Waals surface area contributed by atoms with E-state index >= 15 is 0 Å². The molecule has 18 heavy (non-hydrogen) atoms. The monoisotopic (exact) mass is 284 g/mol. The third kappa shape index (κ3) is 1.98. The van der Waals surface area contributed by atoms with E-state index in [1.165, 1.54) is 0 Å². The first-order valence-corrected chi connectivity index (χ1v) is 5.31. The smallest absolute Gasteiger partial charge is 0.300 e. The van der Waals surface area contributed by atoms with Gasteiger partial charge in [-0.05, 0) is 12.2 Å². The van der Waals surface area contributed by atoms with Gasteiger partial charge in [-0.1, -0.05) is 12.2 Å². The Hall–Kier alpha value is -2.20. The van der Waals surface area contributed by atoms with Crippen LogP contribution in [0.25, 0.3) is 10.9 Å². The van der Waals surface area contributed by atoms with Crippen LogP contribution in [0.15, 0.2) is 12.1 Å². The van der Waals surface area contributed by atoms with Crippen LogP contribution in [0.5, 0.6) is 0 Å². The number of nitrogens with one attached hydrogen (secondary N) is 2. The van der Waals surface area contributed by atoms with Crippen molar-refractivity contribution < 1.29 is 9.85 Å². The summed E-state index contributed by atoms with van der Waals surface area (Å²) in [7, 11) is 0. The van der Waals surface area contributed by atoms with E-state index in [1.807, 2.05) is 0 Å². The van der Waals surface area contributed by atoms with Gasteiger partial charge in [-0.15, -0.1) is 0 Å². The van der Waals surface area contributed by atoms with Gasteiger partial charge in [0.1, 0.15) is 10.2 Å². The molecule has 0 fully saturated rings. The number of nitrogens with zero attached hydrogens (tertiary/aromatic N) is 2. The van der Waals surface area contributed by atoms with E-state index in [0.29, 0.717) is 0 Å². The predicted molar refractivity (Wildman–Crippen MR) is 67.6 cm³/mol. The molecule has 0 saturated heterocycles. The van der Waals surface area contributed by atoms with Gasteiger partial charge in [0.15, 0.2) is 4.77 Å². The Balaban J connectivity index is 3.04. The van der Waals surface area contributed by atoms with Crippen LogP contribution in [0.1, 0.15) is 0 Å². The molecule has 2 N–H and O–H groups in total. The van der Waals surface area contributed by atoms with Crippen LogP contribution in [0, 0.1) is 29.6 Å². The molecule has 1 heterocycles. The summed E-state index contributed by atoms with van der Waals surface area (Å²) in [6.07, 6.45) is 0. The Labute approximate surface area is 109 Å². The van der Waals surface area contributed by atoms with Crippen LogP contribution < -0.4 is 0 Å². The van der Waals surface area contributed by atoms with E-state index < -0.39 is 21.2 Å². The summed E-state index contributed by atoms with van der Waals surface area (Å²) < 4.78 is 0.227. The molecule has 0 amide bonds. The van der Waals surface area contributed by atoms with Gasteiger partial charge in [0.25, 0.3) is 11.4 Å². The van der Waals surface area contributed by atoms with E-state index in [-0.39, 0.29) is 20.3 Å². The zero-order valence-corrected chi connectivity index (χ0v) is 10.1. The normalized spacial score (nSPS) is 10.4. The quantitative estimate of drug-likeness (QED) is 0.497. The number of H-pyrrole nitrogens is 2. The lowest BCUT2D eigenvalue weighted by Crippen LogP contribution is -1.97. The molecule has 1 aromatic heterocycles. The lowest BCUT2D eigenvalue weighted by molar-refractivity contribution is -0.393. The largest absolute Gasteiger partial charge is 0.326 e. The minimum atomic E-state index is -0.727. The maximum Gasteiger partial charge on any atom is 0.300 e. The maximum atomic E-state index is 10.9.